The summed E-state index contributed by atoms with van der Waals surface area (Å²) in [5.74, 6) is -0.632. The fraction of sp³-hybridized carbons (Fsp3) is 0.579. The fourth-order valence-electron chi connectivity index (χ4n) is 3.55. The van der Waals surface area contributed by atoms with Crippen LogP contribution >= 0.6 is 0 Å². The van der Waals surface area contributed by atoms with E-state index in [4.69, 9.17) is 0 Å². The first-order chi connectivity index (χ1) is 12.2. The van der Waals surface area contributed by atoms with E-state index in [1.54, 1.807) is 0 Å². The lowest BCUT2D eigenvalue weighted by Gasteiger charge is -2.16. The summed E-state index contributed by atoms with van der Waals surface area (Å²) >= 11 is 0. The van der Waals surface area contributed by atoms with Gasteiger partial charge in [-0.2, -0.15) is 0 Å². The molecular formula is C19H26N2O4S. The maximum atomic E-state index is 12.6. The largest absolute Gasteiger partial charge is 0.352 e. The van der Waals surface area contributed by atoms with Gasteiger partial charge in [0.05, 0.1) is 23.3 Å². The standard InChI is InChI=1S/C19H26N2O4S/c1-11(2)14-6-4-5-12(3)17(14)21-19(23)16-9-15(16)18(22)20-13-7-8-26(24,25)10-13/h4-6,11,13,15-16H,7-10H2,1-3H3,(H,20,22)(H,21,23). The topological polar surface area (TPSA) is 92.3 Å². The maximum absolute atomic E-state index is 12.6. The van der Waals surface area contributed by atoms with Crippen LogP contribution in [0, 0.1) is 18.8 Å². The van der Waals surface area contributed by atoms with E-state index in [1.165, 1.54) is 0 Å². The normalized spacial score (nSPS) is 26.5. The number of benzene rings is 1. The molecule has 0 radical (unpaired) electrons. The highest BCUT2D eigenvalue weighted by Crippen LogP contribution is 2.40. The highest BCUT2D eigenvalue weighted by Gasteiger charge is 2.49. The molecule has 1 saturated heterocycles. The minimum Gasteiger partial charge on any atom is -0.352 e. The van der Waals surface area contributed by atoms with Gasteiger partial charge in [-0.3, -0.25) is 9.59 Å². The number of hydrogen-bond donors (Lipinski definition) is 2. The van der Waals surface area contributed by atoms with E-state index in [0.29, 0.717) is 12.8 Å². The van der Waals surface area contributed by atoms with Crippen LogP contribution in [0.1, 0.15) is 43.7 Å². The molecule has 2 fully saturated rings. The van der Waals surface area contributed by atoms with Crippen molar-refractivity contribution >= 4 is 27.3 Å². The van der Waals surface area contributed by atoms with Crippen molar-refractivity contribution in [2.45, 2.75) is 45.6 Å². The Morgan fingerprint density at radius 1 is 1.15 bits per heavy atom. The summed E-state index contributed by atoms with van der Waals surface area (Å²) in [6.07, 6.45) is 0.971. The van der Waals surface area contributed by atoms with Gasteiger partial charge in [-0.25, -0.2) is 8.42 Å². The van der Waals surface area contributed by atoms with Gasteiger partial charge in [0.15, 0.2) is 9.84 Å². The van der Waals surface area contributed by atoms with Crippen LogP contribution in [-0.4, -0.2) is 37.8 Å². The maximum Gasteiger partial charge on any atom is 0.228 e. The second-order valence-corrected chi connectivity index (χ2v) is 9.97. The van der Waals surface area contributed by atoms with Gasteiger partial charge in [-0.1, -0.05) is 32.0 Å². The van der Waals surface area contributed by atoms with Crippen LogP contribution in [0.3, 0.4) is 0 Å². The Bertz CT molecular complexity index is 832. The molecule has 142 valence electrons. The third-order valence-electron chi connectivity index (χ3n) is 5.22. The predicted molar refractivity (Wildman–Crippen MR) is 101 cm³/mol. The Morgan fingerprint density at radius 3 is 2.46 bits per heavy atom. The number of sulfone groups is 1. The Labute approximate surface area is 154 Å². The van der Waals surface area contributed by atoms with E-state index in [0.717, 1.165) is 16.8 Å². The molecule has 3 unspecified atom stereocenters. The first kappa shape index (κ1) is 18.9. The average molecular weight is 378 g/mol. The number of aryl methyl sites for hydroxylation is 1. The fourth-order valence-corrected chi connectivity index (χ4v) is 5.22. The zero-order chi connectivity index (χ0) is 19.1. The zero-order valence-corrected chi connectivity index (χ0v) is 16.2. The number of rotatable bonds is 5. The summed E-state index contributed by atoms with van der Waals surface area (Å²) in [4.78, 5) is 24.9. The van der Waals surface area contributed by atoms with Crippen LogP contribution in [0.25, 0.3) is 0 Å². The Kier molecular flexibility index (Phi) is 5.10. The van der Waals surface area contributed by atoms with Crippen molar-refractivity contribution in [2.24, 2.45) is 11.8 Å². The van der Waals surface area contributed by atoms with Crippen molar-refractivity contribution < 1.29 is 18.0 Å². The summed E-state index contributed by atoms with van der Waals surface area (Å²) < 4.78 is 23.0. The SMILES string of the molecule is Cc1cccc(C(C)C)c1NC(=O)C1CC1C(=O)NC1CCS(=O)(=O)C1. The number of amides is 2. The molecule has 0 bridgehead atoms. The minimum absolute atomic E-state index is 0.00326. The summed E-state index contributed by atoms with van der Waals surface area (Å²) in [7, 11) is -3.03. The second-order valence-electron chi connectivity index (χ2n) is 7.74. The average Bonchev–Trinajstić information content (AvgIpc) is 3.28. The molecule has 7 heteroatoms. The van der Waals surface area contributed by atoms with Crippen molar-refractivity contribution in [2.75, 3.05) is 16.8 Å². The Balaban J connectivity index is 1.59. The molecule has 1 aliphatic heterocycles. The molecular weight excluding hydrogens is 352 g/mol. The highest BCUT2D eigenvalue weighted by atomic mass is 32.2. The predicted octanol–water partition coefficient (Wildman–Crippen LogP) is 2.00. The van der Waals surface area contributed by atoms with Crippen molar-refractivity contribution in [1.29, 1.82) is 0 Å². The number of para-hydroxylation sites is 1. The number of nitrogens with one attached hydrogen (secondary N) is 2. The van der Waals surface area contributed by atoms with Crippen LogP contribution in [0.4, 0.5) is 5.69 Å². The minimum atomic E-state index is -3.03. The van der Waals surface area contributed by atoms with E-state index in [9.17, 15) is 18.0 Å². The monoisotopic (exact) mass is 378 g/mol. The zero-order valence-electron chi connectivity index (χ0n) is 15.4. The second kappa shape index (κ2) is 7.02. The highest BCUT2D eigenvalue weighted by molar-refractivity contribution is 7.91. The molecule has 1 aliphatic carbocycles. The number of carbonyl (C=O) groups is 2. The van der Waals surface area contributed by atoms with E-state index in [1.807, 2.05) is 25.1 Å². The molecule has 1 aromatic rings. The number of hydrogen-bond acceptors (Lipinski definition) is 4. The van der Waals surface area contributed by atoms with Gasteiger partial charge in [0.2, 0.25) is 11.8 Å². The van der Waals surface area contributed by atoms with Gasteiger partial charge in [-0.05, 0) is 36.8 Å². The molecule has 1 heterocycles. The van der Waals surface area contributed by atoms with Crippen LogP contribution in [0.2, 0.25) is 0 Å². The Hall–Kier alpha value is -1.89. The molecule has 2 aliphatic rings. The van der Waals surface area contributed by atoms with Crippen LogP contribution < -0.4 is 10.6 Å². The molecule has 0 spiro atoms. The molecule has 2 amide bonds. The molecule has 3 atom stereocenters. The van der Waals surface area contributed by atoms with Gasteiger partial charge in [0.25, 0.3) is 0 Å². The van der Waals surface area contributed by atoms with E-state index in [2.05, 4.69) is 24.5 Å². The molecule has 1 aromatic carbocycles. The molecule has 2 N–H and O–H groups in total. The van der Waals surface area contributed by atoms with Gasteiger partial charge >= 0.3 is 0 Å². The first-order valence-electron chi connectivity index (χ1n) is 9.09. The quantitative estimate of drug-likeness (QED) is 0.820. The molecule has 26 heavy (non-hydrogen) atoms. The number of carbonyl (C=O) groups excluding carboxylic acids is 2. The summed E-state index contributed by atoms with van der Waals surface area (Å²) in [5.41, 5.74) is 2.92. The summed E-state index contributed by atoms with van der Waals surface area (Å²) in [6, 6.07) is 5.62. The lowest BCUT2D eigenvalue weighted by Crippen LogP contribution is -2.37. The van der Waals surface area contributed by atoms with Crippen LogP contribution in [-0.2, 0) is 19.4 Å². The first-order valence-corrected chi connectivity index (χ1v) is 10.9. The van der Waals surface area contributed by atoms with Crippen molar-refractivity contribution in [3.8, 4) is 0 Å². The molecule has 3 rings (SSSR count). The van der Waals surface area contributed by atoms with E-state index < -0.39 is 9.84 Å². The van der Waals surface area contributed by atoms with E-state index in [-0.39, 0.29) is 47.1 Å². The number of anilines is 1. The lowest BCUT2D eigenvalue weighted by molar-refractivity contribution is -0.125. The Morgan fingerprint density at radius 2 is 1.85 bits per heavy atom. The van der Waals surface area contributed by atoms with Crippen molar-refractivity contribution in [3.63, 3.8) is 0 Å². The third-order valence-corrected chi connectivity index (χ3v) is 6.99. The summed E-state index contributed by atoms with van der Waals surface area (Å²) in [6.45, 7) is 6.11. The van der Waals surface area contributed by atoms with Gasteiger partial charge in [0.1, 0.15) is 0 Å². The van der Waals surface area contributed by atoms with Gasteiger partial charge in [-0.15, -0.1) is 0 Å². The lowest BCUT2D eigenvalue weighted by atomic mass is 9.98. The van der Waals surface area contributed by atoms with E-state index >= 15 is 0 Å². The van der Waals surface area contributed by atoms with Crippen molar-refractivity contribution in [3.05, 3.63) is 29.3 Å². The van der Waals surface area contributed by atoms with Gasteiger partial charge < -0.3 is 10.6 Å². The molecule has 6 nitrogen and oxygen atoms in total. The van der Waals surface area contributed by atoms with Crippen LogP contribution in [0.5, 0.6) is 0 Å². The summed E-state index contributed by atoms with van der Waals surface area (Å²) in [5, 5.41) is 5.79. The molecule has 1 saturated carbocycles. The van der Waals surface area contributed by atoms with Crippen LogP contribution in [0.15, 0.2) is 18.2 Å². The molecule has 0 aromatic heterocycles. The smallest absolute Gasteiger partial charge is 0.228 e. The van der Waals surface area contributed by atoms with Crippen molar-refractivity contribution in [1.82, 2.24) is 5.32 Å². The third kappa shape index (κ3) is 4.09. The van der Waals surface area contributed by atoms with Gasteiger partial charge in [0, 0.05) is 11.7 Å².